The van der Waals surface area contributed by atoms with E-state index >= 15 is 0 Å². The van der Waals surface area contributed by atoms with Crippen LogP contribution in [-0.2, 0) is 5.75 Å². The summed E-state index contributed by atoms with van der Waals surface area (Å²) in [7, 11) is 3.27. The fourth-order valence-corrected chi connectivity index (χ4v) is 2.94. The normalized spacial score (nSPS) is 10.4. The van der Waals surface area contributed by atoms with Crippen LogP contribution in [0.15, 0.2) is 59.9 Å². The molecule has 6 heteroatoms. The number of pyridine rings is 1. The van der Waals surface area contributed by atoms with Crippen molar-refractivity contribution in [1.82, 2.24) is 15.2 Å². The second kappa shape index (κ2) is 7.79. The summed E-state index contributed by atoms with van der Waals surface area (Å²) in [6, 6.07) is 13.5. The lowest BCUT2D eigenvalue weighted by Gasteiger charge is -2.10. The molecule has 122 valence electrons. The Morgan fingerprint density at radius 1 is 1.00 bits per heavy atom. The average molecular weight is 339 g/mol. The number of thioether (sulfide) groups is 1. The third-order valence-corrected chi connectivity index (χ3v) is 4.42. The minimum atomic E-state index is 0.737. The maximum Gasteiger partial charge on any atom is 0.128 e. The van der Waals surface area contributed by atoms with Crippen LogP contribution in [0.25, 0.3) is 11.3 Å². The van der Waals surface area contributed by atoms with Crippen molar-refractivity contribution < 1.29 is 9.47 Å². The first-order valence-electron chi connectivity index (χ1n) is 7.38. The van der Waals surface area contributed by atoms with Gasteiger partial charge in [-0.05, 0) is 42.0 Å². The summed E-state index contributed by atoms with van der Waals surface area (Å²) in [5.74, 6) is 2.30. The Morgan fingerprint density at radius 2 is 1.92 bits per heavy atom. The van der Waals surface area contributed by atoms with Gasteiger partial charge in [0.25, 0.3) is 0 Å². The molecule has 2 aromatic heterocycles. The van der Waals surface area contributed by atoms with Gasteiger partial charge in [-0.3, -0.25) is 4.98 Å². The minimum Gasteiger partial charge on any atom is -0.497 e. The lowest BCUT2D eigenvalue weighted by atomic mass is 10.1. The fraction of sp³-hybridized carbons (Fsp3) is 0.167. The molecule has 0 aliphatic carbocycles. The summed E-state index contributed by atoms with van der Waals surface area (Å²) in [6.07, 6.45) is 3.63. The van der Waals surface area contributed by atoms with E-state index < -0.39 is 0 Å². The van der Waals surface area contributed by atoms with Crippen molar-refractivity contribution in [2.45, 2.75) is 10.8 Å². The second-order valence-electron chi connectivity index (χ2n) is 4.97. The Morgan fingerprint density at radius 3 is 2.58 bits per heavy atom. The molecule has 3 aromatic rings. The van der Waals surface area contributed by atoms with E-state index in [9.17, 15) is 0 Å². The Kier molecular flexibility index (Phi) is 5.28. The summed E-state index contributed by atoms with van der Waals surface area (Å²) < 4.78 is 10.7. The largest absolute Gasteiger partial charge is 0.497 e. The molecule has 0 fully saturated rings. The highest BCUT2D eigenvalue weighted by Gasteiger charge is 2.10. The van der Waals surface area contributed by atoms with Crippen LogP contribution in [0.1, 0.15) is 5.56 Å². The third kappa shape index (κ3) is 3.83. The molecule has 0 amide bonds. The van der Waals surface area contributed by atoms with E-state index in [1.165, 1.54) is 0 Å². The SMILES string of the molecule is COc1ccc(OC)c(-c2ccc(SCc3cccnc3)nn2)c1. The van der Waals surface area contributed by atoms with Gasteiger partial charge in [-0.2, -0.15) is 0 Å². The number of hydrogen-bond donors (Lipinski definition) is 0. The van der Waals surface area contributed by atoms with Crippen LogP contribution < -0.4 is 9.47 Å². The van der Waals surface area contributed by atoms with Gasteiger partial charge in [-0.1, -0.05) is 17.8 Å². The van der Waals surface area contributed by atoms with Crippen molar-refractivity contribution in [2.75, 3.05) is 14.2 Å². The molecular weight excluding hydrogens is 322 g/mol. The van der Waals surface area contributed by atoms with Gasteiger partial charge in [0, 0.05) is 23.7 Å². The highest BCUT2D eigenvalue weighted by molar-refractivity contribution is 7.98. The third-order valence-electron chi connectivity index (χ3n) is 3.43. The van der Waals surface area contributed by atoms with Gasteiger partial charge in [0.1, 0.15) is 16.5 Å². The number of benzene rings is 1. The molecule has 3 rings (SSSR count). The molecule has 0 unspecified atom stereocenters. The van der Waals surface area contributed by atoms with E-state index in [-0.39, 0.29) is 0 Å². The monoisotopic (exact) mass is 339 g/mol. The predicted molar refractivity (Wildman–Crippen MR) is 94.4 cm³/mol. The summed E-state index contributed by atoms with van der Waals surface area (Å²) in [5, 5.41) is 9.49. The van der Waals surface area contributed by atoms with E-state index in [1.807, 2.05) is 48.7 Å². The number of ether oxygens (including phenoxy) is 2. The Hall–Kier alpha value is -2.60. The molecule has 0 bridgehead atoms. The highest BCUT2D eigenvalue weighted by atomic mass is 32.2. The summed E-state index contributed by atoms with van der Waals surface area (Å²) in [4.78, 5) is 4.11. The summed E-state index contributed by atoms with van der Waals surface area (Å²) in [6.45, 7) is 0. The Bertz CT molecular complexity index is 795. The average Bonchev–Trinajstić information content (AvgIpc) is 2.67. The van der Waals surface area contributed by atoms with Crippen molar-refractivity contribution in [3.63, 3.8) is 0 Å². The zero-order chi connectivity index (χ0) is 16.8. The van der Waals surface area contributed by atoms with E-state index in [4.69, 9.17) is 9.47 Å². The molecule has 0 N–H and O–H groups in total. The zero-order valence-electron chi connectivity index (χ0n) is 13.5. The molecule has 5 nitrogen and oxygen atoms in total. The Labute approximate surface area is 145 Å². The van der Waals surface area contributed by atoms with Gasteiger partial charge in [0.15, 0.2) is 0 Å². The van der Waals surface area contributed by atoms with E-state index in [2.05, 4.69) is 15.2 Å². The molecule has 0 saturated heterocycles. The van der Waals surface area contributed by atoms with E-state index in [1.54, 1.807) is 32.2 Å². The molecule has 0 radical (unpaired) electrons. The van der Waals surface area contributed by atoms with Crippen molar-refractivity contribution in [3.05, 3.63) is 60.4 Å². The van der Waals surface area contributed by atoms with Crippen LogP contribution in [0.5, 0.6) is 11.5 Å². The van der Waals surface area contributed by atoms with Crippen LogP contribution in [0.2, 0.25) is 0 Å². The first-order valence-corrected chi connectivity index (χ1v) is 8.36. The molecule has 2 heterocycles. The molecule has 0 aliphatic heterocycles. The standard InChI is InChI=1S/C18H17N3O2S/c1-22-14-5-7-17(23-2)15(10-14)16-6-8-18(21-20-16)24-12-13-4-3-9-19-11-13/h3-11H,12H2,1-2H3. The number of hydrogen-bond acceptors (Lipinski definition) is 6. The van der Waals surface area contributed by atoms with Gasteiger partial charge >= 0.3 is 0 Å². The predicted octanol–water partition coefficient (Wildman–Crippen LogP) is 3.85. The van der Waals surface area contributed by atoms with Gasteiger partial charge in [-0.25, -0.2) is 0 Å². The van der Waals surface area contributed by atoms with Crippen LogP contribution in [-0.4, -0.2) is 29.4 Å². The molecule has 0 spiro atoms. The van der Waals surface area contributed by atoms with Gasteiger partial charge in [0.2, 0.25) is 0 Å². The topological polar surface area (TPSA) is 57.1 Å². The van der Waals surface area contributed by atoms with Crippen LogP contribution in [0, 0.1) is 0 Å². The number of nitrogens with zero attached hydrogens (tertiary/aromatic N) is 3. The van der Waals surface area contributed by atoms with E-state index in [0.29, 0.717) is 0 Å². The highest BCUT2D eigenvalue weighted by Crippen LogP contribution is 2.32. The maximum atomic E-state index is 5.40. The second-order valence-corrected chi connectivity index (χ2v) is 5.97. The summed E-state index contributed by atoms with van der Waals surface area (Å²) >= 11 is 1.63. The van der Waals surface area contributed by atoms with Crippen LogP contribution in [0.3, 0.4) is 0 Å². The van der Waals surface area contributed by atoms with Crippen molar-refractivity contribution in [2.24, 2.45) is 0 Å². The molecule has 1 aromatic carbocycles. The summed E-state index contributed by atoms with van der Waals surface area (Å²) in [5.41, 5.74) is 2.76. The molecular formula is C18H17N3O2S. The van der Waals surface area contributed by atoms with Crippen LogP contribution in [0.4, 0.5) is 0 Å². The lowest BCUT2D eigenvalue weighted by molar-refractivity contribution is 0.404. The smallest absolute Gasteiger partial charge is 0.128 e. The van der Waals surface area contributed by atoms with Gasteiger partial charge < -0.3 is 9.47 Å². The van der Waals surface area contributed by atoms with Crippen molar-refractivity contribution in [1.29, 1.82) is 0 Å². The first kappa shape index (κ1) is 16.3. The van der Waals surface area contributed by atoms with Crippen molar-refractivity contribution in [3.8, 4) is 22.8 Å². The van der Waals surface area contributed by atoms with Crippen LogP contribution >= 0.6 is 11.8 Å². The fourth-order valence-electron chi connectivity index (χ4n) is 2.20. The molecule has 24 heavy (non-hydrogen) atoms. The first-order chi connectivity index (χ1) is 11.8. The zero-order valence-corrected chi connectivity index (χ0v) is 14.3. The van der Waals surface area contributed by atoms with Gasteiger partial charge in [0.05, 0.1) is 19.9 Å². The minimum absolute atomic E-state index is 0.737. The number of methoxy groups -OCH3 is 2. The molecule has 0 saturated carbocycles. The van der Waals surface area contributed by atoms with E-state index in [0.717, 1.165) is 39.1 Å². The molecule has 0 atom stereocenters. The number of rotatable bonds is 6. The Balaban J connectivity index is 1.77. The molecule has 0 aliphatic rings. The maximum absolute atomic E-state index is 5.40. The van der Waals surface area contributed by atoms with Gasteiger partial charge in [-0.15, -0.1) is 10.2 Å². The quantitative estimate of drug-likeness (QED) is 0.636. The lowest BCUT2D eigenvalue weighted by Crippen LogP contribution is -1.94. The number of aromatic nitrogens is 3. The van der Waals surface area contributed by atoms with Crippen molar-refractivity contribution >= 4 is 11.8 Å².